The highest BCUT2D eigenvalue weighted by atomic mass is 35.5. The zero-order valence-electron chi connectivity index (χ0n) is 18.6. The number of nitrogens with one attached hydrogen (secondary N) is 1. The molecule has 0 atom stereocenters. The maximum absolute atomic E-state index is 11.5. The van der Waals surface area contributed by atoms with E-state index in [4.69, 9.17) is 21.1 Å². The minimum absolute atomic E-state index is 0.355. The molecule has 0 saturated heterocycles. The summed E-state index contributed by atoms with van der Waals surface area (Å²) < 4.78 is 39.3. The van der Waals surface area contributed by atoms with E-state index >= 15 is 0 Å². The summed E-state index contributed by atoms with van der Waals surface area (Å²) in [6, 6.07) is 13.5. The molecule has 1 aromatic heterocycles. The van der Waals surface area contributed by atoms with Gasteiger partial charge in [0.05, 0.1) is 35.6 Å². The number of hydrogen-bond donors (Lipinski definition) is 1. The van der Waals surface area contributed by atoms with E-state index in [2.05, 4.69) is 10.8 Å². The van der Waals surface area contributed by atoms with Gasteiger partial charge < -0.3 is 14.0 Å². The first kappa shape index (κ1) is 23.4. The van der Waals surface area contributed by atoms with Crippen LogP contribution in [0.1, 0.15) is 38.2 Å². The molecule has 0 amide bonds. The summed E-state index contributed by atoms with van der Waals surface area (Å²) in [6.45, 7) is 2.91. The Morgan fingerprint density at radius 2 is 1.97 bits per heavy atom. The Kier molecular flexibility index (Phi) is 6.57. The number of halogens is 1. The first-order chi connectivity index (χ1) is 15.7. The van der Waals surface area contributed by atoms with Crippen LogP contribution in [0.5, 0.6) is 11.5 Å². The summed E-state index contributed by atoms with van der Waals surface area (Å²) in [5, 5.41) is 10.9. The molecular weight excluding hydrogens is 462 g/mol. The van der Waals surface area contributed by atoms with Crippen molar-refractivity contribution >= 4 is 32.5 Å². The van der Waals surface area contributed by atoms with Crippen LogP contribution in [0.25, 0.3) is 16.6 Å². The van der Waals surface area contributed by atoms with Gasteiger partial charge >= 0.3 is 0 Å². The smallest absolute Gasteiger partial charge is 0.209 e. The molecule has 33 heavy (non-hydrogen) atoms. The number of fused-ring (bicyclic) bond motifs is 1. The van der Waals surface area contributed by atoms with E-state index in [1.807, 2.05) is 42.0 Å². The Morgan fingerprint density at radius 3 is 2.64 bits per heavy atom. The number of sulfonamides is 1. The lowest BCUT2D eigenvalue weighted by Crippen LogP contribution is -2.37. The zero-order valence-corrected chi connectivity index (χ0v) is 20.2. The van der Waals surface area contributed by atoms with Gasteiger partial charge in [-0.2, -0.15) is 5.26 Å². The first-order valence-corrected chi connectivity index (χ1v) is 13.1. The van der Waals surface area contributed by atoms with Crippen molar-refractivity contribution in [3.63, 3.8) is 0 Å². The summed E-state index contributed by atoms with van der Waals surface area (Å²) >= 11 is 6.43. The average molecular weight is 488 g/mol. The standard InChI is InChI=1S/C24H26ClN3O4S/c1-3-11-32-23-18(16-26)13-19(15-21(23)25)28-10-6-17-14-20(4-5-22(17)28)31-12-9-24(7-8-24)27-33(2,29)30/h4-6,10,13-15,27H,3,7-9,11-12H2,1-2H3. The van der Waals surface area contributed by atoms with Crippen molar-refractivity contribution in [1.29, 1.82) is 5.26 Å². The number of ether oxygens (including phenoxy) is 2. The predicted molar refractivity (Wildman–Crippen MR) is 129 cm³/mol. The van der Waals surface area contributed by atoms with Crippen LogP contribution in [0.3, 0.4) is 0 Å². The summed E-state index contributed by atoms with van der Waals surface area (Å²) in [6.07, 6.45) is 6.22. The van der Waals surface area contributed by atoms with Crippen LogP contribution in [0, 0.1) is 11.3 Å². The Bertz CT molecular complexity index is 1320. The summed E-state index contributed by atoms with van der Waals surface area (Å²) in [5.74, 6) is 1.13. The number of nitrogens with zero attached hydrogens (tertiary/aromatic N) is 2. The van der Waals surface area contributed by atoms with Crippen molar-refractivity contribution in [2.24, 2.45) is 0 Å². The molecule has 2 aromatic carbocycles. The molecule has 1 heterocycles. The largest absolute Gasteiger partial charge is 0.494 e. The van der Waals surface area contributed by atoms with Crippen molar-refractivity contribution in [3.8, 4) is 23.3 Å². The third-order valence-electron chi connectivity index (χ3n) is 5.64. The molecule has 4 rings (SSSR count). The van der Waals surface area contributed by atoms with Crippen molar-refractivity contribution < 1.29 is 17.9 Å². The van der Waals surface area contributed by atoms with Crippen molar-refractivity contribution in [2.45, 2.75) is 38.1 Å². The van der Waals surface area contributed by atoms with E-state index in [-0.39, 0.29) is 5.54 Å². The number of aromatic nitrogens is 1. The highest BCUT2D eigenvalue weighted by Gasteiger charge is 2.44. The van der Waals surface area contributed by atoms with E-state index in [0.29, 0.717) is 36.0 Å². The molecule has 174 valence electrons. The molecule has 1 fully saturated rings. The predicted octanol–water partition coefficient (Wildman–Crippen LogP) is 4.80. The van der Waals surface area contributed by atoms with Crippen molar-refractivity contribution in [3.05, 3.63) is 53.2 Å². The van der Waals surface area contributed by atoms with E-state index in [1.165, 1.54) is 6.26 Å². The second-order valence-electron chi connectivity index (χ2n) is 8.42. The molecule has 1 aliphatic carbocycles. The van der Waals surface area contributed by atoms with Crippen LogP contribution >= 0.6 is 11.6 Å². The minimum Gasteiger partial charge on any atom is -0.494 e. The highest BCUT2D eigenvalue weighted by molar-refractivity contribution is 7.88. The quantitative estimate of drug-likeness (QED) is 0.443. The zero-order chi connectivity index (χ0) is 23.6. The van der Waals surface area contributed by atoms with E-state index < -0.39 is 10.0 Å². The van der Waals surface area contributed by atoms with Gasteiger partial charge in [-0.15, -0.1) is 0 Å². The molecule has 9 heteroatoms. The van der Waals surface area contributed by atoms with Crippen molar-refractivity contribution in [2.75, 3.05) is 19.5 Å². The van der Waals surface area contributed by atoms with Gasteiger partial charge in [-0.3, -0.25) is 0 Å². The Labute approximate surface area is 198 Å². The maximum atomic E-state index is 11.5. The van der Waals surface area contributed by atoms with Gasteiger partial charge in [-0.05, 0) is 55.7 Å². The number of rotatable bonds is 10. The average Bonchev–Trinajstić information content (AvgIpc) is 3.37. The van der Waals surface area contributed by atoms with E-state index in [9.17, 15) is 13.7 Å². The van der Waals surface area contributed by atoms with Gasteiger partial charge in [0.2, 0.25) is 10.0 Å². The molecule has 7 nitrogen and oxygen atoms in total. The van der Waals surface area contributed by atoms with Crippen LogP contribution in [0.2, 0.25) is 5.02 Å². The fourth-order valence-corrected chi connectivity index (χ4v) is 5.26. The maximum Gasteiger partial charge on any atom is 0.209 e. The highest BCUT2D eigenvalue weighted by Crippen LogP contribution is 2.39. The number of hydrogen-bond acceptors (Lipinski definition) is 5. The third kappa shape index (κ3) is 5.44. The topological polar surface area (TPSA) is 93.3 Å². The van der Waals surface area contributed by atoms with Crippen LogP contribution in [0.4, 0.5) is 0 Å². The lowest BCUT2D eigenvalue weighted by atomic mass is 10.2. The molecule has 1 saturated carbocycles. The Hall–Kier alpha value is -2.73. The summed E-state index contributed by atoms with van der Waals surface area (Å²) in [4.78, 5) is 0. The monoisotopic (exact) mass is 487 g/mol. The minimum atomic E-state index is -3.23. The first-order valence-electron chi connectivity index (χ1n) is 10.8. The van der Waals surface area contributed by atoms with Crippen molar-refractivity contribution in [1.82, 2.24) is 9.29 Å². The second-order valence-corrected chi connectivity index (χ2v) is 10.6. The third-order valence-corrected chi connectivity index (χ3v) is 6.73. The molecule has 3 aromatic rings. The molecule has 0 spiro atoms. The van der Waals surface area contributed by atoms with Crippen LogP contribution in [0.15, 0.2) is 42.6 Å². The normalized spacial score (nSPS) is 14.7. The van der Waals surface area contributed by atoms with Crippen LogP contribution in [-0.4, -0.2) is 38.0 Å². The van der Waals surface area contributed by atoms with E-state index in [0.717, 1.165) is 41.6 Å². The van der Waals surface area contributed by atoms with Gasteiger partial charge in [0.25, 0.3) is 0 Å². The van der Waals surface area contributed by atoms with Crippen LogP contribution < -0.4 is 14.2 Å². The summed E-state index contributed by atoms with van der Waals surface area (Å²) in [5.41, 5.74) is 1.75. The fourth-order valence-electron chi connectivity index (χ4n) is 3.90. The molecule has 0 aliphatic heterocycles. The molecule has 1 aliphatic rings. The number of benzene rings is 2. The van der Waals surface area contributed by atoms with Gasteiger partial charge in [0.15, 0.2) is 5.75 Å². The molecule has 1 N–H and O–H groups in total. The van der Waals surface area contributed by atoms with Gasteiger partial charge in [0.1, 0.15) is 11.8 Å². The Balaban J connectivity index is 1.51. The van der Waals surface area contributed by atoms with Gasteiger partial charge in [0, 0.05) is 29.2 Å². The lowest BCUT2D eigenvalue weighted by molar-refractivity contribution is 0.289. The molecular formula is C24H26ClN3O4S. The Morgan fingerprint density at radius 1 is 1.18 bits per heavy atom. The van der Waals surface area contributed by atoms with Gasteiger partial charge in [-0.1, -0.05) is 18.5 Å². The van der Waals surface area contributed by atoms with E-state index in [1.54, 1.807) is 12.1 Å². The SMILES string of the molecule is CCCOc1c(Cl)cc(-n2ccc3cc(OCCC4(NS(C)(=O)=O)CC4)ccc32)cc1C#N. The number of nitriles is 1. The second kappa shape index (κ2) is 9.26. The van der Waals surface area contributed by atoms with Gasteiger partial charge in [-0.25, -0.2) is 13.1 Å². The molecule has 0 bridgehead atoms. The fraction of sp³-hybridized carbons (Fsp3) is 0.375. The molecule has 0 unspecified atom stereocenters. The molecule has 0 radical (unpaired) electrons. The lowest BCUT2D eigenvalue weighted by Gasteiger charge is -2.16. The summed E-state index contributed by atoms with van der Waals surface area (Å²) in [7, 11) is -3.23. The van der Waals surface area contributed by atoms with Crippen LogP contribution in [-0.2, 0) is 10.0 Å².